The summed E-state index contributed by atoms with van der Waals surface area (Å²) in [7, 11) is 0. The van der Waals surface area contributed by atoms with Crippen LogP contribution in [0.1, 0.15) is 24.0 Å². The summed E-state index contributed by atoms with van der Waals surface area (Å²) >= 11 is 5.86. The van der Waals surface area contributed by atoms with Gasteiger partial charge in [0.15, 0.2) is 5.82 Å². The normalized spacial score (nSPS) is 18.2. The molecule has 1 aromatic heterocycles. The summed E-state index contributed by atoms with van der Waals surface area (Å²) in [5.74, 6) is 0.503. The van der Waals surface area contributed by atoms with Crippen LogP contribution in [-0.2, 0) is 16.9 Å². The van der Waals surface area contributed by atoms with E-state index in [1.807, 2.05) is 0 Å². The fourth-order valence-electron chi connectivity index (χ4n) is 2.85. The van der Waals surface area contributed by atoms with Gasteiger partial charge in [-0.3, -0.25) is 0 Å². The van der Waals surface area contributed by atoms with Crippen molar-refractivity contribution in [2.24, 2.45) is 0 Å². The monoisotopic (exact) mass is 289 g/mol. The van der Waals surface area contributed by atoms with Crippen molar-refractivity contribution in [3.8, 4) is 17.0 Å². The summed E-state index contributed by atoms with van der Waals surface area (Å²) in [6.45, 7) is 0.451. The molecule has 0 bridgehead atoms. The van der Waals surface area contributed by atoms with Crippen molar-refractivity contribution in [1.29, 1.82) is 0 Å². The van der Waals surface area contributed by atoms with Crippen LogP contribution in [0.15, 0.2) is 18.2 Å². The molecule has 20 heavy (non-hydrogen) atoms. The zero-order valence-corrected chi connectivity index (χ0v) is 11.3. The molecule has 102 valence electrons. The van der Waals surface area contributed by atoms with Gasteiger partial charge in [0.25, 0.3) is 0 Å². The zero-order chi connectivity index (χ0) is 13.9. The van der Waals surface area contributed by atoms with E-state index >= 15 is 0 Å². The van der Waals surface area contributed by atoms with Crippen LogP contribution in [0.4, 0.5) is 5.82 Å². The van der Waals surface area contributed by atoms with Crippen LogP contribution >= 0.6 is 11.6 Å². The summed E-state index contributed by atoms with van der Waals surface area (Å²) < 4.78 is 5.86. The molecule has 3 N–H and O–H groups in total. The van der Waals surface area contributed by atoms with Crippen molar-refractivity contribution in [2.75, 3.05) is 5.73 Å². The van der Waals surface area contributed by atoms with Crippen LogP contribution in [0.5, 0.6) is 5.75 Å². The molecule has 1 aliphatic heterocycles. The summed E-state index contributed by atoms with van der Waals surface area (Å²) in [5.41, 5.74) is 8.78. The van der Waals surface area contributed by atoms with E-state index < -0.39 is 0 Å². The summed E-state index contributed by atoms with van der Waals surface area (Å²) in [6, 6.07) is 4.93. The van der Waals surface area contributed by atoms with Gasteiger partial charge in [-0.15, -0.1) is 10.2 Å². The molecule has 2 aromatic rings. The standard InChI is InChI=1S/C14H12ClN3O2/c15-7-1-2-8(10(19)5-7)12-9-6-20-14(3-4-14)11(9)13(16)18-17-12/h1-2,5,19H,3-4,6H2,(H2,16,18). The smallest absolute Gasteiger partial charge is 0.152 e. The Morgan fingerprint density at radius 2 is 2.10 bits per heavy atom. The molecule has 1 saturated carbocycles. The molecule has 6 heteroatoms. The molecule has 5 nitrogen and oxygen atoms in total. The number of anilines is 1. The Morgan fingerprint density at radius 1 is 1.30 bits per heavy atom. The number of benzene rings is 1. The van der Waals surface area contributed by atoms with E-state index in [1.54, 1.807) is 12.1 Å². The van der Waals surface area contributed by atoms with Crippen LogP contribution in [0, 0.1) is 0 Å². The lowest BCUT2D eigenvalue weighted by molar-refractivity contribution is 0.0446. The van der Waals surface area contributed by atoms with Crippen molar-refractivity contribution < 1.29 is 9.84 Å². The molecule has 1 aromatic carbocycles. The van der Waals surface area contributed by atoms with Crippen LogP contribution in [-0.4, -0.2) is 15.3 Å². The fraction of sp³-hybridized carbons (Fsp3) is 0.286. The van der Waals surface area contributed by atoms with E-state index in [0.29, 0.717) is 28.7 Å². The number of rotatable bonds is 1. The maximum Gasteiger partial charge on any atom is 0.152 e. The van der Waals surface area contributed by atoms with Crippen LogP contribution in [0.25, 0.3) is 11.3 Å². The molecule has 1 aliphatic carbocycles. The number of hydrogen-bond donors (Lipinski definition) is 2. The lowest BCUT2D eigenvalue weighted by Gasteiger charge is -2.11. The second-order valence-corrected chi connectivity index (χ2v) is 5.67. The van der Waals surface area contributed by atoms with Crippen molar-refractivity contribution in [1.82, 2.24) is 10.2 Å². The Balaban J connectivity index is 1.94. The van der Waals surface area contributed by atoms with Gasteiger partial charge in [0.1, 0.15) is 11.4 Å². The number of fused-ring (bicyclic) bond motifs is 2. The van der Waals surface area contributed by atoms with E-state index in [2.05, 4.69) is 10.2 Å². The molecule has 4 rings (SSSR count). The molecule has 0 unspecified atom stereocenters. The van der Waals surface area contributed by atoms with Gasteiger partial charge in [-0.1, -0.05) is 11.6 Å². The SMILES string of the molecule is Nc1nnc(-c2ccc(Cl)cc2O)c2c1C1(CC1)OC2. The average molecular weight is 290 g/mol. The first-order valence-electron chi connectivity index (χ1n) is 6.39. The zero-order valence-electron chi connectivity index (χ0n) is 10.6. The van der Waals surface area contributed by atoms with Gasteiger partial charge in [0.05, 0.1) is 12.2 Å². The highest BCUT2D eigenvalue weighted by atomic mass is 35.5. The van der Waals surface area contributed by atoms with E-state index in [1.165, 1.54) is 6.07 Å². The van der Waals surface area contributed by atoms with Gasteiger partial charge < -0.3 is 15.6 Å². The highest BCUT2D eigenvalue weighted by Crippen LogP contribution is 2.57. The first kappa shape index (κ1) is 11.9. The van der Waals surface area contributed by atoms with Crippen molar-refractivity contribution in [3.05, 3.63) is 34.3 Å². The van der Waals surface area contributed by atoms with Gasteiger partial charge in [-0.05, 0) is 31.0 Å². The lowest BCUT2D eigenvalue weighted by Crippen LogP contribution is -2.09. The molecule has 1 spiro atoms. The van der Waals surface area contributed by atoms with E-state index in [4.69, 9.17) is 22.1 Å². The summed E-state index contributed by atoms with van der Waals surface area (Å²) in [6.07, 6.45) is 1.92. The maximum absolute atomic E-state index is 10.1. The van der Waals surface area contributed by atoms with Gasteiger partial charge >= 0.3 is 0 Å². The number of hydrogen-bond acceptors (Lipinski definition) is 5. The Hall–Kier alpha value is -1.85. The molecule has 1 fully saturated rings. The fourth-order valence-corrected chi connectivity index (χ4v) is 3.01. The van der Waals surface area contributed by atoms with Gasteiger partial charge in [-0.25, -0.2) is 0 Å². The number of phenols is 1. The minimum Gasteiger partial charge on any atom is -0.507 e. The lowest BCUT2D eigenvalue weighted by atomic mass is 9.99. The maximum atomic E-state index is 10.1. The quantitative estimate of drug-likeness (QED) is 0.843. The molecular formula is C14H12ClN3O2. The number of nitrogens with two attached hydrogens (primary N) is 1. The van der Waals surface area contributed by atoms with E-state index in [-0.39, 0.29) is 11.4 Å². The largest absolute Gasteiger partial charge is 0.507 e. The third-order valence-electron chi connectivity index (χ3n) is 3.97. The number of aromatic nitrogens is 2. The van der Waals surface area contributed by atoms with Crippen molar-refractivity contribution >= 4 is 17.4 Å². The second kappa shape index (κ2) is 3.84. The van der Waals surface area contributed by atoms with Crippen molar-refractivity contribution in [2.45, 2.75) is 25.0 Å². The first-order chi connectivity index (χ1) is 9.61. The van der Waals surface area contributed by atoms with E-state index in [0.717, 1.165) is 24.0 Å². The second-order valence-electron chi connectivity index (χ2n) is 5.23. The predicted octanol–water partition coefficient (Wildman–Crippen LogP) is 2.60. The first-order valence-corrected chi connectivity index (χ1v) is 6.77. The highest BCUT2D eigenvalue weighted by Gasteiger charge is 2.53. The number of ether oxygens (including phenoxy) is 1. The molecular weight excluding hydrogens is 278 g/mol. The summed E-state index contributed by atoms with van der Waals surface area (Å²) in [5, 5.41) is 18.7. The molecule has 0 saturated heterocycles. The number of phenolic OH excluding ortho intramolecular Hbond substituents is 1. The Kier molecular flexibility index (Phi) is 2.29. The minimum absolute atomic E-state index is 0.0792. The number of nitrogen functional groups attached to an aromatic ring is 1. The number of nitrogens with zero attached hydrogens (tertiary/aromatic N) is 2. The highest BCUT2D eigenvalue weighted by molar-refractivity contribution is 6.30. The van der Waals surface area contributed by atoms with Crippen molar-refractivity contribution in [3.63, 3.8) is 0 Å². The van der Waals surface area contributed by atoms with E-state index in [9.17, 15) is 5.11 Å². The van der Waals surface area contributed by atoms with Gasteiger partial charge in [-0.2, -0.15) is 0 Å². The third kappa shape index (κ3) is 1.53. The predicted molar refractivity (Wildman–Crippen MR) is 74.3 cm³/mol. The van der Waals surface area contributed by atoms with Crippen LogP contribution in [0.2, 0.25) is 5.02 Å². The Bertz CT molecular complexity index is 729. The number of aromatic hydroxyl groups is 1. The molecule has 0 amide bonds. The minimum atomic E-state index is -0.258. The Morgan fingerprint density at radius 3 is 2.80 bits per heavy atom. The van der Waals surface area contributed by atoms with Gasteiger partial charge in [0.2, 0.25) is 0 Å². The topological polar surface area (TPSA) is 81.3 Å². The third-order valence-corrected chi connectivity index (χ3v) is 4.20. The van der Waals surface area contributed by atoms with Crippen LogP contribution < -0.4 is 5.73 Å². The van der Waals surface area contributed by atoms with Gasteiger partial charge in [0, 0.05) is 21.7 Å². The average Bonchev–Trinajstić information content (AvgIpc) is 3.07. The summed E-state index contributed by atoms with van der Waals surface area (Å²) in [4.78, 5) is 0. The van der Waals surface area contributed by atoms with Crippen LogP contribution in [0.3, 0.4) is 0 Å². The molecule has 0 atom stereocenters. The molecule has 2 heterocycles. The molecule has 0 radical (unpaired) electrons. The molecule has 2 aliphatic rings. The Labute approximate surface area is 120 Å². The number of halogens is 1.